The number of esters is 1. The maximum absolute atomic E-state index is 12.3. The Kier molecular flexibility index (Phi) is 6.12. The van der Waals surface area contributed by atoms with E-state index < -0.39 is 5.97 Å². The Morgan fingerprint density at radius 1 is 1.23 bits per heavy atom. The van der Waals surface area contributed by atoms with Crippen molar-refractivity contribution in [2.75, 3.05) is 13.7 Å². The number of pyridine rings is 1. The average molecular weight is 406 g/mol. The van der Waals surface area contributed by atoms with Crippen molar-refractivity contribution in [3.8, 4) is 17.0 Å². The van der Waals surface area contributed by atoms with Crippen LogP contribution in [0.4, 0.5) is 0 Å². The summed E-state index contributed by atoms with van der Waals surface area (Å²) >= 11 is 0. The van der Waals surface area contributed by atoms with Crippen molar-refractivity contribution >= 4 is 11.9 Å². The Balaban J connectivity index is 1.39. The van der Waals surface area contributed by atoms with Crippen LogP contribution in [0.5, 0.6) is 5.75 Å². The van der Waals surface area contributed by atoms with Crippen molar-refractivity contribution in [2.24, 2.45) is 0 Å². The number of benzene rings is 1. The van der Waals surface area contributed by atoms with Gasteiger partial charge in [0.15, 0.2) is 0 Å². The van der Waals surface area contributed by atoms with E-state index in [1.807, 2.05) is 18.2 Å². The number of hydrogen-bond donors (Lipinski definition) is 1. The zero-order valence-electron chi connectivity index (χ0n) is 17.1. The van der Waals surface area contributed by atoms with Gasteiger partial charge in [-0.1, -0.05) is 23.8 Å². The molecule has 0 fully saturated rings. The Hall–Kier alpha value is -3.15. The lowest BCUT2D eigenvalue weighted by atomic mass is 9.97. The molecule has 6 nitrogen and oxygen atoms in total. The highest BCUT2D eigenvalue weighted by Crippen LogP contribution is 2.38. The molecule has 1 aliphatic heterocycles. The lowest BCUT2D eigenvalue weighted by Crippen LogP contribution is -2.34. The predicted octanol–water partition coefficient (Wildman–Crippen LogP) is 3.85. The summed E-state index contributed by atoms with van der Waals surface area (Å²) in [4.78, 5) is 28.3. The molecule has 4 rings (SSSR count). The maximum atomic E-state index is 12.3. The Labute approximate surface area is 176 Å². The van der Waals surface area contributed by atoms with Gasteiger partial charge in [0.25, 0.3) is 0 Å². The van der Waals surface area contributed by atoms with Gasteiger partial charge in [0.1, 0.15) is 11.9 Å². The molecular weight excluding hydrogens is 380 g/mol. The van der Waals surface area contributed by atoms with Crippen molar-refractivity contribution in [3.63, 3.8) is 0 Å². The van der Waals surface area contributed by atoms with Crippen molar-refractivity contribution in [3.05, 3.63) is 59.3 Å². The van der Waals surface area contributed by atoms with Crippen LogP contribution in [0.3, 0.4) is 0 Å². The van der Waals surface area contributed by atoms with Gasteiger partial charge in [-0.25, -0.2) is 4.79 Å². The number of allylic oxidation sites excluding steroid dienone is 1. The van der Waals surface area contributed by atoms with Crippen LogP contribution in [0.25, 0.3) is 11.3 Å². The zero-order valence-corrected chi connectivity index (χ0v) is 17.1. The predicted molar refractivity (Wildman–Crippen MR) is 113 cm³/mol. The van der Waals surface area contributed by atoms with Crippen molar-refractivity contribution < 1.29 is 19.1 Å². The average Bonchev–Trinajstić information content (AvgIpc) is 3.21. The van der Waals surface area contributed by atoms with E-state index in [2.05, 4.69) is 16.4 Å². The Morgan fingerprint density at radius 3 is 2.87 bits per heavy atom. The molecule has 0 spiro atoms. The molecular formula is C24H26N2O4. The fourth-order valence-corrected chi connectivity index (χ4v) is 4.01. The maximum Gasteiger partial charge on any atom is 0.339 e. The molecule has 30 heavy (non-hydrogen) atoms. The molecule has 1 amide bonds. The molecule has 156 valence electrons. The Bertz CT molecular complexity index is 966. The third-order valence-corrected chi connectivity index (χ3v) is 5.59. The minimum absolute atomic E-state index is 0.0583. The molecule has 1 aromatic carbocycles. The van der Waals surface area contributed by atoms with E-state index in [0.717, 1.165) is 41.8 Å². The summed E-state index contributed by atoms with van der Waals surface area (Å²) in [5.41, 5.74) is 4.36. The number of hydrogen-bond acceptors (Lipinski definition) is 5. The minimum Gasteiger partial charge on any atom is -0.487 e. The second-order valence-corrected chi connectivity index (χ2v) is 7.75. The van der Waals surface area contributed by atoms with Crippen LogP contribution in [0, 0.1) is 0 Å². The summed E-state index contributed by atoms with van der Waals surface area (Å²) in [5.74, 6) is 0.441. The number of amides is 1. The second-order valence-electron chi connectivity index (χ2n) is 7.75. The van der Waals surface area contributed by atoms with E-state index in [-0.39, 0.29) is 12.0 Å². The number of carbonyl (C=O) groups excluding carboxylic acids is 2. The van der Waals surface area contributed by atoms with Crippen LogP contribution in [-0.2, 0) is 16.0 Å². The monoisotopic (exact) mass is 406 g/mol. The van der Waals surface area contributed by atoms with Crippen molar-refractivity contribution in [2.45, 2.75) is 44.6 Å². The zero-order chi connectivity index (χ0) is 20.9. The van der Waals surface area contributed by atoms with Crippen LogP contribution in [-0.4, -0.2) is 36.6 Å². The van der Waals surface area contributed by atoms with Crippen LogP contribution in [0.2, 0.25) is 0 Å². The number of aromatic nitrogens is 1. The summed E-state index contributed by atoms with van der Waals surface area (Å²) < 4.78 is 10.9. The van der Waals surface area contributed by atoms with Gasteiger partial charge in [0, 0.05) is 24.6 Å². The van der Waals surface area contributed by atoms with Gasteiger partial charge in [-0.3, -0.25) is 9.78 Å². The van der Waals surface area contributed by atoms with E-state index in [0.29, 0.717) is 18.5 Å². The van der Waals surface area contributed by atoms with Gasteiger partial charge in [0.05, 0.1) is 24.9 Å². The van der Waals surface area contributed by atoms with Crippen LogP contribution >= 0.6 is 0 Å². The van der Waals surface area contributed by atoms with Gasteiger partial charge in [-0.15, -0.1) is 0 Å². The molecule has 1 aromatic heterocycles. The molecule has 2 aromatic rings. The molecule has 2 heterocycles. The molecule has 1 N–H and O–H groups in total. The minimum atomic E-state index is -0.414. The summed E-state index contributed by atoms with van der Waals surface area (Å²) in [7, 11) is 1.35. The van der Waals surface area contributed by atoms with Gasteiger partial charge in [0.2, 0.25) is 5.91 Å². The summed E-state index contributed by atoms with van der Waals surface area (Å²) in [6, 6.07) is 9.45. The largest absolute Gasteiger partial charge is 0.487 e. The highest BCUT2D eigenvalue weighted by molar-refractivity contribution is 5.89. The highest BCUT2D eigenvalue weighted by Gasteiger charge is 2.26. The van der Waals surface area contributed by atoms with E-state index in [1.54, 1.807) is 12.1 Å². The number of methoxy groups -OCH3 is 1. The fourth-order valence-electron chi connectivity index (χ4n) is 4.01. The van der Waals surface area contributed by atoms with Crippen LogP contribution < -0.4 is 10.1 Å². The van der Waals surface area contributed by atoms with E-state index in [9.17, 15) is 9.59 Å². The molecule has 1 aliphatic carbocycles. The first-order valence-corrected chi connectivity index (χ1v) is 10.4. The third kappa shape index (κ3) is 4.53. The van der Waals surface area contributed by atoms with Gasteiger partial charge < -0.3 is 14.8 Å². The number of ether oxygens (including phenoxy) is 2. The standard InChI is InChI=1S/C24H26N2O4/c1-29-24(28)18-10-11-21(25-14-18)20-9-5-8-17-13-19(30-23(17)20)15-26-22(27)12-16-6-3-2-4-7-16/h5-6,8-11,14,19H,2-4,7,12-13,15H2,1H3,(H,26,27). The van der Waals surface area contributed by atoms with Crippen molar-refractivity contribution in [1.29, 1.82) is 0 Å². The molecule has 1 atom stereocenters. The molecule has 0 bridgehead atoms. The first-order valence-electron chi connectivity index (χ1n) is 10.4. The number of para-hydroxylation sites is 1. The molecule has 6 heteroatoms. The van der Waals surface area contributed by atoms with E-state index >= 15 is 0 Å². The number of nitrogens with one attached hydrogen (secondary N) is 1. The first-order chi connectivity index (χ1) is 14.6. The highest BCUT2D eigenvalue weighted by atomic mass is 16.5. The number of carbonyl (C=O) groups is 2. The lowest BCUT2D eigenvalue weighted by Gasteiger charge is -2.15. The summed E-state index contributed by atoms with van der Waals surface area (Å²) in [5, 5.41) is 3.02. The molecule has 0 saturated heterocycles. The molecule has 1 unspecified atom stereocenters. The number of fused-ring (bicyclic) bond motifs is 1. The fraction of sp³-hybridized carbons (Fsp3) is 0.375. The Morgan fingerprint density at radius 2 is 2.13 bits per heavy atom. The smallest absolute Gasteiger partial charge is 0.339 e. The topological polar surface area (TPSA) is 77.5 Å². The second kappa shape index (κ2) is 9.11. The molecule has 2 aliphatic rings. The number of nitrogens with zero attached hydrogens (tertiary/aromatic N) is 1. The normalized spacial score (nSPS) is 17.5. The van der Waals surface area contributed by atoms with E-state index in [1.165, 1.54) is 31.7 Å². The molecule has 0 saturated carbocycles. The first kappa shape index (κ1) is 20.1. The number of rotatable bonds is 6. The van der Waals surface area contributed by atoms with Gasteiger partial charge in [-0.05, 0) is 49.4 Å². The van der Waals surface area contributed by atoms with Crippen LogP contribution in [0.15, 0.2) is 48.2 Å². The van der Waals surface area contributed by atoms with E-state index in [4.69, 9.17) is 9.47 Å². The third-order valence-electron chi connectivity index (χ3n) is 5.59. The SMILES string of the molecule is COC(=O)c1ccc(-c2cccc3c2OC(CNC(=O)CC2=CCCCC2)C3)nc1. The van der Waals surface area contributed by atoms with Gasteiger partial charge >= 0.3 is 5.97 Å². The van der Waals surface area contributed by atoms with Crippen LogP contribution in [0.1, 0.15) is 48.0 Å². The quantitative estimate of drug-likeness (QED) is 0.582. The van der Waals surface area contributed by atoms with Crippen molar-refractivity contribution in [1.82, 2.24) is 10.3 Å². The lowest BCUT2D eigenvalue weighted by molar-refractivity contribution is -0.120. The summed E-state index contributed by atoms with van der Waals surface area (Å²) in [6.07, 6.45) is 9.36. The summed E-state index contributed by atoms with van der Waals surface area (Å²) in [6.45, 7) is 0.481. The van der Waals surface area contributed by atoms with Gasteiger partial charge in [-0.2, -0.15) is 0 Å². The molecule has 0 radical (unpaired) electrons.